The van der Waals surface area contributed by atoms with Gasteiger partial charge in [-0.3, -0.25) is 9.97 Å². The fourth-order valence-corrected chi connectivity index (χ4v) is 2.73. The Balaban J connectivity index is 0.000000327. The third kappa shape index (κ3) is 7.97. The molecule has 0 amide bonds. The molecule has 1 aromatic carbocycles. The summed E-state index contributed by atoms with van der Waals surface area (Å²) >= 11 is 7.04. The number of rotatable bonds is 4. The topological polar surface area (TPSA) is 67.8 Å². The molecule has 0 aliphatic rings. The minimum atomic E-state index is -4.30. The molecule has 0 unspecified atom stereocenters. The first-order chi connectivity index (χ1) is 13.2. The molecular weight excluding hydrogens is 452 g/mol. The van der Waals surface area contributed by atoms with E-state index in [0.29, 0.717) is 16.5 Å². The van der Waals surface area contributed by atoms with Gasteiger partial charge in [0, 0.05) is 12.0 Å². The van der Waals surface area contributed by atoms with Crippen LogP contribution < -0.4 is 56.7 Å². The van der Waals surface area contributed by atoms with Crippen LogP contribution in [0.5, 0.6) is 0 Å². The summed E-state index contributed by atoms with van der Waals surface area (Å²) in [6.45, 7) is 3.60. The zero-order chi connectivity index (χ0) is 20.7. The van der Waals surface area contributed by atoms with Crippen LogP contribution in [0, 0.1) is 13.3 Å². The van der Waals surface area contributed by atoms with Crippen LogP contribution in [0.1, 0.15) is 28.8 Å². The first kappa shape index (κ1) is 26.0. The third-order valence-corrected chi connectivity index (χ3v) is 4.76. The third-order valence-electron chi connectivity index (χ3n) is 3.33. The average Bonchev–Trinajstić information content (AvgIpc) is 3.12. The van der Waals surface area contributed by atoms with Crippen molar-refractivity contribution in [3.63, 3.8) is 0 Å². The van der Waals surface area contributed by atoms with E-state index in [-0.39, 0.29) is 62.1 Å². The van der Waals surface area contributed by atoms with Gasteiger partial charge in [0.05, 0.1) is 5.56 Å². The molecule has 0 bridgehead atoms. The Morgan fingerprint density at radius 3 is 2.31 bits per heavy atom. The van der Waals surface area contributed by atoms with E-state index in [0.717, 1.165) is 17.0 Å². The summed E-state index contributed by atoms with van der Waals surface area (Å²) in [5, 5.41) is 3.89. The molecule has 1 N–H and O–H groups in total. The number of nitrogens with one attached hydrogen (secondary N) is 1. The number of benzene rings is 1. The predicted molar refractivity (Wildman–Crippen MR) is 102 cm³/mol. The Bertz CT molecular complexity index is 936. The summed E-state index contributed by atoms with van der Waals surface area (Å²) < 4.78 is 37.1. The van der Waals surface area contributed by atoms with Crippen LogP contribution in [0.3, 0.4) is 0 Å². The van der Waals surface area contributed by atoms with Crippen molar-refractivity contribution in [2.45, 2.75) is 20.0 Å². The Labute approximate surface area is 217 Å². The smallest absolute Gasteiger partial charge is 0.417 e. The molecule has 2 aromatic heterocycles. The van der Waals surface area contributed by atoms with Crippen LogP contribution in [0.25, 0.3) is 0 Å². The molecule has 0 saturated carbocycles. The maximum atomic E-state index is 12.4. The summed E-state index contributed by atoms with van der Waals surface area (Å²) in [6.07, 6.45) is 2.20. The molecule has 2 heterocycles. The number of nitrogens with zero attached hydrogens (tertiary/aromatic N) is 3. The summed E-state index contributed by atoms with van der Waals surface area (Å²) in [6, 6.07) is 4.87. The SMILES string of the molecule is C[CH-]c1cnc(Nc2ccc(C(F)(F)F)cc2)s1.Cc1ncnc([C-]=O)c1Cl.[K+]. The van der Waals surface area contributed by atoms with Crippen molar-refractivity contribution in [1.29, 1.82) is 0 Å². The number of anilines is 2. The van der Waals surface area contributed by atoms with Gasteiger partial charge in [-0.2, -0.15) is 13.2 Å². The van der Waals surface area contributed by atoms with Crippen molar-refractivity contribution < 1.29 is 69.4 Å². The molecular formula is C18H14ClF3KN4OS-. The second-order valence-electron chi connectivity index (χ2n) is 5.28. The van der Waals surface area contributed by atoms with Crippen molar-refractivity contribution in [3.05, 3.63) is 70.1 Å². The fourth-order valence-electron chi connectivity index (χ4n) is 1.87. The molecule has 0 saturated heterocycles. The van der Waals surface area contributed by atoms with E-state index < -0.39 is 11.7 Å². The molecule has 148 valence electrons. The standard InChI is InChI=1S/C12H10F3N2S.C6H4ClN2O.K/c1-2-10-7-16-11(18-10)17-9-5-3-8(4-6-9)12(13,14)15;1-4-6(7)5(2-10)9-3-8-4;/h2-7H,1H3,(H,16,17);3H,1H3;/q2*-1;+1. The van der Waals surface area contributed by atoms with Gasteiger partial charge in [0.2, 0.25) is 0 Å². The summed E-state index contributed by atoms with van der Waals surface area (Å²) in [7, 11) is 0. The average molecular weight is 466 g/mol. The van der Waals surface area contributed by atoms with Crippen molar-refractivity contribution in [2.24, 2.45) is 0 Å². The summed E-state index contributed by atoms with van der Waals surface area (Å²) in [5.74, 6) is 0. The van der Waals surface area contributed by atoms with Gasteiger partial charge in [-0.25, -0.2) is 18.0 Å². The van der Waals surface area contributed by atoms with Crippen LogP contribution in [-0.4, -0.2) is 21.2 Å². The quantitative estimate of drug-likeness (QED) is 0.473. The van der Waals surface area contributed by atoms with Gasteiger partial charge in [-0.05, 0) is 42.6 Å². The summed E-state index contributed by atoms with van der Waals surface area (Å²) in [4.78, 5) is 22.5. The molecule has 0 fully saturated rings. The molecule has 11 heteroatoms. The fraction of sp³-hybridized carbons (Fsp3) is 0.167. The predicted octanol–water partition coefficient (Wildman–Crippen LogP) is 2.38. The first-order valence-corrected chi connectivity index (χ1v) is 8.98. The van der Waals surface area contributed by atoms with Crippen molar-refractivity contribution in [1.82, 2.24) is 15.0 Å². The van der Waals surface area contributed by atoms with Crippen LogP contribution in [0.15, 0.2) is 36.8 Å². The largest absolute Gasteiger partial charge is 1.00 e. The van der Waals surface area contributed by atoms with Gasteiger partial charge in [-0.15, -0.1) is 29.3 Å². The number of aromatic nitrogens is 3. The van der Waals surface area contributed by atoms with E-state index >= 15 is 0 Å². The number of alkyl halides is 3. The van der Waals surface area contributed by atoms with Crippen molar-refractivity contribution in [2.75, 3.05) is 5.32 Å². The second-order valence-corrected chi connectivity index (χ2v) is 6.72. The molecule has 0 aliphatic carbocycles. The Morgan fingerprint density at radius 2 is 1.83 bits per heavy atom. The molecule has 0 radical (unpaired) electrons. The van der Waals surface area contributed by atoms with E-state index in [1.165, 1.54) is 29.8 Å². The zero-order valence-corrected chi connectivity index (χ0v) is 20.4. The number of hydrogen-bond acceptors (Lipinski definition) is 6. The second kappa shape index (κ2) is 12.0. The Hall–Kier alpha value is -1.01. The zero-order valence-electron chi connectivity index (χ0n) is 15.7. The maximum Gasteiger partial charge on any atom is 1.00 e. The minimum absolute atomic E-state index is 0. The number of hydrogen-bond donors (Lipinski definition) is 1. The van der Waals surface area contributed by atoms with Crippen LogP contribution in [0.4, 0.5) is 24.0 Å². The van der Waals surface area contributed by atoms with Crippen molar-refractivity contribution >= 4 is 40.0 Å². The van der Waals surface area contributed by atoms with Gasteiger partial charge in [-0.1, -0.05) is 5.02 Å². The number of halogens is 4. The van der Waals surface area contributed by atoms with E-state index in [2.05, 4.69) is 20.3 Å². The first-order valence-electron chi connectivity index (χ1n) is 7.79. The van der Waals surface area contributed by atoms with Gasteiger partial charge in [0.25, 0.3) is 0 Å². The van der Waals surface area contributed by atoms with Crippen LogP contribution in [-0.2, 0) is 11.0 Å². The van der Waals surface area contributed by atoms with Gasteiger partial charge in [0.1, 0.15) is 6.33 Å². The maximum absolute atomic E-state index is 12.4. The van der Waals surface area contributed by atoms with Crippen molar-refractivity contribution in [3.8, 4) is 0 Å². The van der Waals surface area contributed by atoms with Crippen LogP contribution >= 0.6 is 22.9 Å². The van der Waals surface area contributed by atoms with Gasteiger partial charge >= 0.3 is 57.6 Å². The normalized spacial score (nSPS) is 10.3. The van der Waals surface area contributed by atoms with Gasteiger partial charge < -0.3 is 15.1 Å². The minimum Gasteiger partial charge on any atom is -0.417 e. The van der Waals surface area contributed by atoms with E-state index in [1.807, 2.05) is 13.3 Å². The Morgan fingerprint density at radius 1 is 1.17 bits per heavy atom. The summed E-state index contributed by atoms with van der Waals surface area (Å²) in [5.41, 5.74) is 0.638. The molecule has 3 rings (SSSR count). The molecule has 5 nitrogen and oxygen atoms in total. The molecule has 0 atom stereocenters. The Kier molecular flexibility index (Phi) is 10.8. The molecule has 0 spiro atoms. The monoisotopic (exact) mass is 465 g/mol. The number of aryl methyl sites for hydroxylation is 1. The number of thiazole rings is 1. The van der Waals surface area contributed by atoms with E-state index in [9.17, 15) is 18.0 Å². The molecule has 0 aliphatic heterocycles. The molecule has 3 aromatic rings. The molecule has 29 heavy (non-hydrogen) atoms. The number of carbonyl (C=O) groups excluding carboxylic acids is 1. The van der Waals surface area contributed by atoms with Gasteiger partial charge in [0.15, 0.2) is 5.13 Å². The van der Waals surface area contributed by atoms with E-state index in [4.69, 9.17) is 11.6 Å². The van der Waals surface area contributed by atoms with Crippen LogP contribution in [0.2, 0.25) is 5.02 Å². The van der Waals surface area contributed by atoms with E-state index in [1.54, 1.807) is 19.4 Å².